The van der Waals surface area contributed by atoms with E-state index in [1.54, 1.807) is 6.07 Å². The van der Waals surface area contributed by atoms with Gasteiger partial charge in [0.1, 0.15) is 5.82 Å². The lowest BCUT2D eigenvalue weighted by molar-refractivity contribution is -0.121. The minimum absolute atomic E-state index is 0. The van der Waals surface area contributed by atoms with Gasteiger partial charge in [-0.2, -0.15) is 0 Å². The highest BCUT2D eigenvalue weighted by Gasteiger charge is 2.07. The van der Waals surface area contributed by atoms with Gasteiger partial charge in [-0.3, -0.25) is 9.59 Å². The van der Waals surface area contributed by atoms with Crippen LogP contribution in [0.25, 0.3) is 0 Å². The Bertz CT molecular complexity index is 754. The van der Waals surface area contributed by atoms with Gasteiger partial charge in [0.15, 0.2) is 0 Å². The van der Waals surface area contributed by atoms with Gasteiger partial charge in [0, 0.05) is 24.2 Å². The molecule has 152 valence electrons. The van der Waals surface area contributed by atoms with E-state index in [0.717, 1.165) is 31.2 Å². The highest BCUT2D eigenvalue weighted by atomic mass is 35.5. The number of benzene rings is 2. The summed E-state index contributed by atoms with van der Waals surface area (Å²) in [6, 6.07) is 12.6. The zero-order chi connectivity index (χ0) is 19.5. The molecule has 0 aliphatic carbocycles. The minimum Gasteiger partial charge on any atom is -0.352 e. The fraction of sp³-hybridized carbons (Fsp3) is 0.333. The average Bonchev–Trinajstić information content (AvgIpc) is 2.67. The summed E-state index contributed by atoms with van der Waals surface area (Å²) in [5.74, 6) is -0.680. The third-order valence-electron chi connectivity index (χ3n) is 4.14. The van der Waals surface area contributed by atoms with Crippen molar-refractivity contribution in [2.24, 2.45) is 5.73 Å². The van der Waals surface area contributed by atoms with Gasteiger partial charge in [-0.25, -0.2) is 4.39 Å². The molecule has 0 unspecified atom stereocenters. The maximum absolute atomic E-state index is 12.9. The van der Waals surface area contributed by atoms with Crippen molar-refractivity contribution in [2.45, 2.75) is 38.6 Å². The van der Waals surface area contributed by atoms with Crippen LogP contribution < -0.4 is 16.4 Å². The molecule has 0 radical (unpaired) electrons. The van der Waals surface area contributed by atoms with Crippen LogP contribution in [0.4, 0.5) is 10.1 Å². The summed E-state index contributed by atoms with van der Waals surface area (Å²) in [6.07, 6.45) is 4.43. The highest BCUT2D eigenvalue weighted by molar-refractivity contribution is 6.04. The number of hydrogen-bond acceptors (Lipinski definition) is 3. The molecule has 4 N–H and O–H groups in total. The Kier molecular flexibility index (Phi) is 10.8. The van der Waals surface area contributed by atoms with Crippen molar-refractivity contribution >= 4 is 29.9 Å². The van der Waals surface area contributed by atoms with Crippen molar-refractivity contribution in [3.63, 3.8) is 0 Å². The van der Waals surface area contributed by atoms with Crippen LogP contribution in [0.3, 0.4) is 0 Å². The smallest absolute Gasteiger partial charge is 0.255 e. The Hall–Kier alpha value is -2.44. The Morgan fingerprint density at radius 1 is 0.964 bits per heavy atom. The molecule has 28 heavy (non-hydrogen) atoms. The van der Waals surface area contributed by atoms with E-state index in [1.165, 1.54) is 24.3 Å². The van der Waals surface area contributed by atoms with E-state index in [4.69, 9.17) is 5.73 Å². The average molecular weight is 408 g/mol. The molecular weight excluding hydrogens is 381 g/mol. The summed E-state index contributed by atoms with van der Waals surface area (Å²) < 4.78 is 12.9. The number of anilines is 1. The molecule has 0 fully saturated rings. The molecule has 0 saturated carbocycles. The van der Waals surface area contributed by atoms with Crippen LogP contribution in [0.5, 0.6) is 0 Å². The second kappa shape index (κ2) is 12.9. The second-order valence-electron chi connectivity index (χ2n) is 6.39. The molecule has 0 spiro atoms. The summed E-state index contributed by atoms with van der Waals surface area (Å²) in [7, 11) is 0. The van der Waals surface area contributed by atoms with Gasteiger partial charge in [-0.1, -0.05) is 25.0 Å². The first-order chi connectivity index (χ1) is 13.1. The zero-order valence-corrected chi connectivity index (χ0v) is 16.6. The molecule has 2 amide bonds. The number of rotatable bonds is 10. The number of hydrogen-bond donors (Lipinski definition) is 3. The van der Waals surface area contributed by atoms with Gasteiger partial charge >= 0.3 is 0 Å². The SMILES string of the molecule is Cl.NCCCCCCC(=O)NCc1cccc(NC(=O)c2ccc(F)cc2)c1. The van der Waals surface area contributed by atoms with Gasteiger partial charge in [0.2, 0.25) is 5.91 Å². The van der Waals surface area contributed by atoms with E-state index < -0.39 is 0 Å². The Morgan fingerprint density at radius 2 is 1.68 bits per heavy atom. The van der Waals surface area contributed by atoms with Gasteiger partial charge in [0.25, 0.3) is 5.91 Å². The third kappa shape index (κ3) is 8.50. The molecule has 2 aromatic rings. The number of carbonyl (C=O) groups is 2. The predicted octanol–water partition coefficient (Wildman–Crippen LogP) is 4.03. The summed E-state index contributed by atoms with van der Waals surface area (Å²) in [5, 5.41) is 5.67. The zero-order valence-electron chi connectivity index (χ0n) is 15.7. The number of nitrogens with one attached hydrogen (secondary N) is 2. The number of nitrogens with two attached hydrogens (primary N) is 1. The molecular formula is C21H27ClFN3O2. The highest BCUT2D eigenvalue weighted by Crippen LogP contribution is 2.13. The predicted molar refractivity (Wildman–Crippen MR) is 112 cm³/mol. The maximum Gasteiger partial charge on any atom is 0.255 e. The van der Waals surface area contributed by atoms with Crippen molar-refractivity contribution in [1.29, 1.82) is 0 Å². The Labute approximate surface area is 171 Å². The lowest BCUT2D eigenvalue weighted by atomic mass is 10.1. The van der Waals surface area contributed by atoms with Gasteiger partial charge in [0.05, 0.1) is 0 Å². The first kappa shape index (κ1) is 23.6. The fourth-order valence-electron chi connectivity index (χ4n) is 2.64. The van der Waals surface area contributed by atoms with Crippen LogP contribution in [0, 0.1) is 5.82 Å². The van der Waals surface area contributed by atoms with Crippen molar-refractivity contribution in [3.8, 4) is 0 Å². The van der Waals surface area contributed by atoms with Crippen LogP contribution in [0.2, 0.25) is 0 Å². The van der Waals surface area contributed by atoms with E-state index >= 15 is 0 Å². The number of halogens is 2. The number of unbranched alkanes of at least 4 members (excludes halogenated alkanes) is 3. The van der Waals surface area contributed by atoms with E-state index in [9.17, 15) is 14.0 Å². The van der Waals surface area contributed by atoms with Gasteiger partial charge in [-0.15, -0.1) is 12.4 Å². The molecule has 5 nitrogen and oxygen atoms in total. The van der Waals surface area contributed by atoms with E-state index in [0.29, 0.717) is 30.8 Å². The lowest BCUT2D eigenvalue weighted by Gasteiger charge is -2.09. The summed E-state index contributed by atoms with van der Waals surface area (Å²) >= 11 is 0. The first-order valence-corrected chi connectivity index (χ1v) is 9.21. The molecule has 0 heterocycles. The molecule has 0 atom stereocenters. The minimum atomic E-state index is -0.385. The van der Waals surface area contributed by atoms with Gasteiger partial charge < -0.3 is 16.4 Å². The molecule has 0 aliphatic rings. The fourth-order valence-corrected chi connectivity index (χ4v) is 2.64. The summed E-state index contributed by atoms with van der Waals surface area (Å²) in [6.45, 7) is 1.10. The molecule has 0 bridgehead atoms. The first-order valence-electron chi connectivity index (χ1n) is 9.21. The van der Waals surface area contributed by atoms with Crippen LogP contribution >= 0.6 is 12.4 Å². The Balaban J connectivity index is 0.00000392. The second-order valence-corrected chi connectivity index (χ2v) is 6.39. The maximum atomic E-state index is 12.9. The molecule has 0 aliphatic heterocycles. The lowest BCUT2D eigenvalue weighted by Crippen LogP contribution is -2.22. The van der Waals surface area contributed by atoms with E-state index in [2.05, 4.69) is 10.6 Å². The monoisotopic (exact) mass is 407 g/mol. The molecule has 2 aromatic carbocycles. The van der Waals surface area contributed by atoms with Crippen molar-refractivity contribution in [1.82, 2.24) is 5.32 Å². The summed E-state index contributed by atoms with van der Waals surface area (Å²) in [5.41, 5.74) is 7.34. The van der Waals surface area contributed by atoms with E-state index in [-0.39, 0.29) is 30.0 Å². The molecule has 2 rings (SSSR count). The number of carbonyl (C=O) groups excluding carboxylic acids is 2. The van der Waals surface area contributed by atoms with Crippen LogP contribution in [0.1, 0.15) is 48.0 Å². The van der Waals surface area contributed by atoms with Crippen LogP contribution in [-0.2, 0) is 11.3 Å². The molecule has 0 saturated heterocycles. The van der Waals surface area contributed by atoms with Crippen LogP contribution in [0.15, 0.2) is 48.5 Å². The molecule has 7 heteroatoms. The largest absolute Gasteiger partial charge is 0.352 e. The van der Waals surface area contributed by atoms with Gasteiger partial charge in [-0.05, 0) is 61.3 Å². The van der Waals surface area contributed by atoms with E-state index in [1.807, 2.05) is 18.2 Å². The number of amides is 2. The molecule has 0 aromatic heterocycles. The topological polar surface area (TPSA) is 84.2 Å². The van der Waals surface area contributed by atoms with Crippen molar-refractivity contribution < 1.29 is 14.0 Å². The normalized spacial score (nSPS) is 10.1. The van der Waals surface area contributed by atoms with Crippen molar-refractivity contribution in [2.75, 3.05) is 11.9 Å². The quantitative estimate of drug-likeness (QED) is 0.520. The van der Waals surface area contributed by atoms with Crippen molar-refractivity contribution in [3.05, 3.63) is 65.5 Å². The van der Waals surface area contributed by atoms with Crippen LogP contribution in [-0.4, -0.2) is 18.4 Å². The summed E-state index contributed by atoms with van der Waals surface area (Å²) in [4.78, 5) is 24.1. The standard InChI is InChI=1S/C21H26FN3O2.ClH/c22-18-11-9-17(10-12-18)21(27)25-19-7-5-6-16(14-19)15-24-20(26)8-3-1-2-4-13-23;/h5-7,9-12,14H,1-4,8,13,15,23H2,(H,24,26)(H,25,27);1H. The Morgan fingerprint density at radius 3 is 2.39 bits per heavy atom. The third-order valence-corrected chi connectivity index (χ3v) is 4.14.